The Labute approximate surface area is 239 Å². The monoisotopic (exact) mass is 588 g/mol. The molecule has 0 saturated heterocycles. The van der Waals surface area contributed by atoms with Gasteiger partial charge in [0.05, 0.1) is 42.5 Å². The number of hydrogen-bond acceptors (Lipinski definition) is 9. The summed E-state index contributed by atoms with van der Waals surface area (Å²) < 4.78 is 19.2. The topological polar surface area (TPSA) is 164 Å². The number of amides is 1. The molecule has 40 heavy (non-hydrogen) atoms. The van der Waals surface area contributed by atoms with Gasteiger partial charge in [0.15, 0.2) is 11.1 Å². The SMILES string of the molecule is O=C(O)C1CCC(O)CC1C(=O)NC1CCCC(S(=O)OC2CCCC(NOCC3CCCCC3COO)C2)C1. The van der Waals surface area contributed by atoms with Crippen LogP contribution in [0.5, 0.6) is 0 Å². The summed E-state index contributed by atoms with van der Waals surface area (Å²) >= 11 is -1.49. The third kappa shape index (κ3) is 9.17. The molecule has 11 nitrogen and oxygen atoms in total. The van der Waals surface area contributed by atoms with E-state index in [1.54, 1.807) is 0 Å². The summed E-state index contributed by atoms with van der Waals surface area (Å²) in [5.41, 5.74) is 3.20. The lowest BCUT2D eigenvalue weighted by Gasteiger charge is -2.35. The van der Waals surface area contributed by atoms with Gasteiger partial charge in [-0.2, -0.15) is 5.48 Å². The third-order valence-electron chi connectivity index (χ3n) is 9.48. The Morgan fingerprint density at radius 3 is 2.27 bits per heavy atom. The predicted octanol–water partition coefficient (Wildman–Crippen LogP) is 3.08. The Balaban J connectivity index is 1.19. The second-order valence-corrected chi connectivity index (χ2v) is 13.8. The largest absolute Gasteiger partial charge is 0.481 e. The summed E-state index contributed by atoms with van der Waals surface area (Å²) in [6.45, 7) is 0.918. The van der Waals surface area contributed by atoms with E-state index in [0.29, 0.717) is 50.7 Å². The second-order valence-electron chi connectivity index (χ2n) is 12.4. The van der Waals surface area contributed by atoms with Crippen LogP contribution in [0.4, 0.5) is 0 Å². The first kappa shape index (κ1) is 31.8. The van der Waals surface area contributed by atoms with E-state index in [9.17, 15) is 24.0 Å². The summed E-state index contributed by atoms with van der Waals surface area (Å²) in [6, 6.07) is -0.0559. The van der Waals surface area contributed by atoms with Crippen molar-refractivity contribution in [2.24, 2.45) is 23.7 Å². The maximum Gasteiger partial charge on any atom is 0.307 e. The molecule has 0 aromatic heterocycles. The highest BCUT2D eigenvalue weighted by atomic mass is 32.2. The molecule has 5 N–H and O–H groups in total. The van der Waals surface area contributed by atoms with E-state index in [1.165, 1.54) is 6.42 Å². The summed E-state index contributed by atoms with van der Waals surface area (Å²) in [5, 5.41) is 31.2. The average Bonchev–Trinajstić information content (AvgIpc) is 2.94. The first-order valence-corrected chi connectivity index (χ1v) is 16.4. The molecule has 4 aliphatic rings. The number of carbonyl (C=O) groups excluding carboxylic acids is 1. The van der Waals surface area contributed by atoms with Crippen LogP contribution in [-0.4, -0.2) is 74.3 Å². The van der Waals surface area contributed by atoms with E-state index in [1.807, 2.05) is 0 Å². The number of carboxylic acids is 1. The summed E-state index contributed by atoms with van der Waals surface area (Å²) in [4.78, 5) is 34.9. The van der Waals surface area contributed by atoms with Crippen molar-refractivity contribution in [2.45, 2.75) is 126 Å². The molecule has 1 amide bonds. The number of hydrogen-bond donors (Lipinski definition) is 5. The van der Waals surface area contributed by atoms with Gasteiger partial charge in [-0.3, -0.25) is 19.0 Å². The molecule has 4 aliphatic carbocycles. The molecule has 0 radical (unpaired) electrons. The van der Waals surface area contributed by atoms with Crippen LogP contribution < -0.4 is 10.8 Å². The van der Waals surface area contributed by atoms with Crippen molar-refractivity contribution in [1.82, 2.24) is 10.8 Å². The predicted molar refractivity (Wildman–Crippen MR) is 147 cm³/mol. The van der Waals surface area contributed by atoms with Gasteiger partial charge in [0, 0.05) is 12.1 Å². The van der Waals surface area contributed by atoms with Crippen LogP contribution in [0.25, 0.3) is 0 Å². The van der Waals surface area contributed by atoms with E-state index in [0.717, 1.165) is 57.8 Å². The molecular formula is C28H48N2O9S. The molecular weight excluding hydrogens is 540 g/mol. The highest BCUT2D eigenvalue weighted by molar-refractivity contribution is 7.80. The first-order chi connectivity index (χ1) is 19.3. The number of hydroxylamine groups is 1. The summed E-state index contributed by atoms with van der Waals surface area (Å²) in [5.74, 6) is -2.19. The number of carbonyl (C=O) groups is 2. The van der Waals surface area contributed by atoms with Crippen LogP contribution >= 0.6 is 0 Å². The van der Waals surface area contributed by atoms with Crippen molar-refractivity contribution < 1.29 is 43.2 Å². The van der Waals surface area contributed by atoms with Gasteiger partial charge in [0.25, 0.3) is 0 Å². The third-order valence-corrected chi connectivity index (χ3v) is 10.9. The van der Waals surface area contributed by atoms with E-state index >= 15 is 0 Å². The van der Waals surface area contributed by atoms with Gasteiger partial charge in [0.2, 0.25) is 5.91 Å². The van der Waals surface area contributed by atoms with E-state index in [-0.39, 0.29) is 35.8 Å². The van der Waals surface area contributed by atoms with Gasteiger partial charge in [-0.15, -0.1) is 0 Å². The fourth-order valence-corrected chi connectivity index (χ4v) is 8.49. The summed E-state index contributed by atoms with van der Waals surface area (Å²) in [7, 11) is 0. The standard InChI is InChI=1S/C28H48N2O9S/c31-22-11-12-25(28(33)34)26(15-22)27(32)29-20-7-4-10-24(14-20)40(36)39-23-9-3-8-21(13-23)30-37-16-18-5-1-2-6-19(18)17-38-35/h18-26,30-31,35H,1-17H2,(H,29,32)(H,33,34). The van der Waals surface area contributed by atoms with Gasteiger partial charge in [-0.05, 0) is 88.9 Å². The summed E-state index contributed by atoms with van der Waals surface area (Å²) in [6.07, 6.45) is 10.8. The van der Waals surface area contributed by atoms with Gasteiger partial charge in [0.1, 0.15) is 0 Å². The molecule has 4 saturated carbocycles. The van der Waals surface area contributed by atoms with Crippen molar-refractivity contribution in [2.75, 3.05) is 13.2 Å². The van der Waals surface area contributed by atoms with E-state index in [2.05, 4.69) is 15.7 Å². The number of aliphatic hydroxyl groups is 1. The highest BCUT2D eigenvalue weighted by Crippen LogP contribution is 2.33. The van der Waals surface area contributed by atoms with Crippen LogP contribution in [0.1, 0.15) is 96.3 Å². The van der Waals surface area contributed by atoms with Crippen molar-refractivity contribution in [1.29, 1.82) is 0 Å². The zero-order valence-electron chi connectivity index (χ0n) is 23.4. The molecule has 10 atom stereocenters. The van der Waals surface area contributed by atoms with E-state index < -0.39 is 35.0 Å². The Morgan fingerprint density at radius 1 is 0.800 bits per heavy atom. The number of aliphatic carboxylic acids is 1. The van der Waals surface area contributed by atoms with Crippen LogP contribution in [0.2, 0.25) is 0 Å². The van der Waals surface area contributed by atoms with Crippen molar-refractivity contribution >= 4 is 23.0 Å². The minimum atomic E-state index is -1.49. The fourth-order valence-electron chi connectivity index (χ4n) is 7.14. The number of carboxylic acid groups (broad SMARTS) is 1. The molecule has 0 aliphatic heterocycles. The zero-order chi connectivity index (χ0) is 28.5. The molecule has 12 heteroatoms. The Hall–Kier alpha value is -1.15. The van der Waals surface area contributed by atoms with E-state index in [4.69, 9.17) is 14.3 Å². The lowest BCUT2D eigenvalue weighted by Crippen LogP contribution is -2.48. The van der Waals surface area contributed by atoms with Crippen molar-refractivity contribution in [3.05, 3.63) is 0 Å². The number of aliphatic hydroxyl groups excluding tert-OH is 1. The zero-order valence-corrected chi connectivity index (χ0v) is 24.2. The number of nitrogens with one attached hydrogen (secondary N) is 2. The normalized spacial score (nSPS) is 37.9. The molecule has 10 unspecified atom stereocenters. The fraction of sp³-hybridized carbons (Fsp3) is 0.929. The highest BCUT2D eigenvalue weighted by Gasteiger charge is 2.40. The molecule has 0 aromatic carbocycles. The molecule has 230 valence electrons. The first-order valence-electron chi connectivity index (χ1n) is 15.3. The van der Waals surface area contributed by atoms with Gasteiger partial charge in [-0.1, -0.05) is 19.3 Å². The van der Waals surface area contributed by atoms with Gasteiger partial charge < -0.3 is 20.4 Å². The van der Waals surface area contributed by atoms with Crippen molar-refractivity contribution in [3.63, 3.8) is 0 Å². The van der Waals surface area contributed by atoms with Crippen molar-refractivity contribution in [3.8, 4) is 0 Å². The molecule has 4 fully saturated rings. The second kappa shape index (κ2) is 15.9. The van der Waals surface area contributed by atoms with Gasteiger partial charge >= 0.3 is 5.97 Å². The maximum atomic E-state index is 13.2. The quantitative estimate of drug-likeness (QED) is 0.169. The van der Waals surface area contributed by atoms with Crippen LogP contribution in [-0.2, 0) is 34.6 Å². The Kier molecular flexibility index (Phi) is 12.6. The minimum absolute atomic E-state index is 0.123. The molecule has 0 heterocycles. The molecule has 4 rings (SSSR count). The van der Waals surface area contributed by atoms with Crippen LogP contribution in [0, 0.1) is 23.7 Å². The minimum Gasteiger partial charge on any atom is -0.481 e. The van der Waals surface area contributed by atoms with Crippen LogP contribution in [0.3, 0.4) is 0 Å². The lowest BCUT2D eigenvalue weighted by atomic mass is 9.77. The Bertz CT molecular complexity index is 847. The smallest absolute Gasteiger partial charge is 0.307 e. The van der Waals surface area contributed by atoms with Crippen LogP contribution in [0.15, 0.2) is 0 Å². The molecule has 0 aromatic rings. The molecule has 0 bridgehead atoms. The van der Waals surface area contributed by atoms with Gasteiger partial charge in [-0.25, -0.2) is 9.10 Å². The Morgan fingerprint density at radius 2 is 1.52 bits per heavy atom. The maximum absolute atomic E-state index is 13.2. The molecule has 0 spiro atoms. The average molecular weight is 589 g/mol. The lowest BCUT2D eigenvalue weighted by molar-refractivity contribution is -0.256. The number of rotatable bonds is 12.